The first-order valence-electron chi connectivity index (χ1n) is 6.57. The van der Waals surface area contributed by atoms with E-state index in [0.717, 1.165) is 6.42 Å². The molecule has 0 saturated heterocycles. The summed E-state index contributed by atoms with van der Waals surface area (Å²) >= 11 is 6.44. The second-order valence-electron chi connectivity index (χ2n) is 5.05. The summed E-state index contributed by atoms with van der Waals surface area (Å²) in [5, 5.41) is -0.262. The third-order valence-electron chi connectivity index (χ3n) is 3.15. The summed E-state index contributed by atoms with van der Waals surface area (Å²) in [5.41, 5.74) is 0. The minimum Gasteiger partial charge on any atom is -0.376 e. The van der Waals surface area contributed by atoms with Gasteiger partial charge in [0.2, 0.25) is 0 Å². The quantitative estimate of drug-likeness (QED) is 0.369. The summed E-state index contributed by atoms with van der Waals surface area (Å²) in [7, 11) is 6.46. The van der Waals surface area contributed by atoms with E-state index in [2.05, 4.69) is 0 Å². The van der Waals surface area contributed by atoms with Crippen molar-refractivity contribution in [1.29, 1.82) is 0 Å². The topological polar surface area (TPSA) is 34.2 Å². The first-order chi connectivity index (χ1) is 8.70. The Bertz CT molecular complexity index is 241. The second kappa shape index (κ2) is 8.56. The summed E-state index contributed by atoms with van der Waals surface area (Å²) in [4.78, 5) is 3.92. The van der Waals surface area contributed by atoms with Crippen LogP contribution < -0.4 is 0 Å². The molecule has 7 heteroatoms. The van der Waals surface area contributed by atoms with Gasteiger partial charge in [0, 0.05) is 7.11 Å². The van der Waals surface area contributed by atoms with Gasteiger partial charge in [0.05, 0.1) is 0 Å². The highest BCUT2D eigenvalue weighted by Gasteiger charge is 2.50. The third-order valence-corrected chi connectivity index (χ3v) is 7.34. The van der Waals surface area contributed by atoms with E-state index in [-0.39, 0.29) is 17.5 Å². The van der Waals surface area contributed by atoms with Crippen molar-refractivity contribution in [3.8, 4) is 0 Å². The van der Waals surface area contributed by atoms with Gasteiger partial charge >= 0.3 is 8.80 Å². The number of rotatable bonds is 9. The van der Waals surface area contributed by atoms with Gasteiger partial charge in [-0.2, -0.15) is 0 Å². The lowest BCUT2D eigenvalue weighted by Gasteiger charge is -2.38. The summed E-state index contributed by atoms with van der Waals surface area (Å²) in [6, 6.07) is 0. The van der Waals surface area contributed by atoms with Gasteiger partial charge in [-0.25, -0.2) is 0 Å². The number of nitrogens with zero attached hydrogens (tertiary/aromatic N) is 2. The van der Waals surface area contributed by atoms with Crippen LogP contribution in [-0.4, -0.2) is 71.4 Å². The van der Waals surface area contributed by atoms with E-state index in [1.165, 1.54) is 0 Å². The highest BCUT2D eigenvalue weighted by Crippen LogP contribution is 2.25. The molecule has 0 aromatic heterocycles. The lowest BCUT2D eigenvalue weighted by molar-refractivity contribution is -0.0522. The molecule has 0 rings (SSSR count). The number of hydrogen-bond donors (Lipinski definition) is 0. The SMILES string of the molecule is CCC(Cl)[Si](OC)(OC(C)N(C)C)OC(C)N(C)C. The Kier molecular flexibility index (Phi) is 8.70. The van der Waals surface area contributed by atoms with Gasteiger partial charge in [-0.05, 0) is 48.5 Å². The molecular weight excluding hydrogens is 284 g/mol. The van der Waals surface area contributed by atoms with E-state index in [1.807, 2.05) is 58.8 Å². The molecule has 3 atom stereocenters. The molecule has 19 heavy (non-hydrogen) atoms. The molecule has 0 aliphatic heterocycles. The van der Waals surface area contributed by atoms with E-state index in [9.17, 15) is 0 Å². The van der Waals surface area contributed by atoms with Crippen LogP contribution in [0.25, 0.3) is 0 Å². The van der Waals surface area contributed by atoms with Crippen molar-refractivity contribution in [3.05, 3.63) is 0 Å². The number of alkyl halides is 1. The Morgan fingerprint density at radius 1 is 1.00 bits per heavy atom. The monoisotopic (exact) mass is 312 g/mol. The molecule has 0 saturated carbocycles. The van der Waals surface area contributed by atoms with Crippen molar-refractivity contribution in [3.63, 3.8) is 0 Å². The van der Waals surface area contributed by atoms with Crippen LogP contribution in [0.5, 0.6) is 0 Å². The molecule has 0 heterocycles. The van der Waals surface area contributed by atoms with Crippen LogP contribution in [0.2, 0.25) is 0 Å². The van der Waals surface area contributed by atoms with Gasteiger partial charge in [0.1, 0.15) is 17.5 Å². The van der Waals surface area contributed by atoms with E-state index in [4.69, 9.17) is 24.9 Å². The molecule has 0 N–H and O–H groups in total. The minimum absolute atomic E-state index is 0.117. The summed E-state index contributed by atoms with van der Waals surface area (Å²) < 4.78 is 17.8. The van der Waals surface area contributed by atoms with Crippen LogP contribution in [0.3, 0.4) is 0 Å². The fraction of sp³-hybridized carbons (Fsp3) is 1.00. The first kappa shape index (κ1) is 19.3. The van der Waals surface area contributed by atoms with Crippen LogP contribution in [0.15, 0.2) is 0 Å². The molecule has 116 valence electrons. The standard InChI is InChI=1S/C12H29ClN2O3Si/c1-9-12(13)19(16-8,17-10(2)14(4)5)18-11(3)15(6)7/h10-12H,9H2,1-8H3. The first-order valence-corrected chi connectivity index (χ1v) is 8.81. The van der Waals surface area contributed by atoms with E-state index < -0.39 is 8.80 Å². The zero-order valence-electron chi connectivity index (χ0n) is 13.4. The van der Waals surface area contributed by atoms with E-state index in [0.29, 0.717) is 0 Å². The van der Waals surface area contributed by atoms with Gasteiger partial charge in [-0.15, -0.1) is 11.6 Å². The Balaban J connectivity index is 5.08. The van der Waals surface area contributed by atoms with Gasteiger partial charge < -0.3 is 13.3 Å². The molecule has 0 aromatic rings. The van der Waals surface area contributed by atoms with Gasteiger partial charge in [-0.1, -0.05) is 6.92 Å². The van der Waals surface area contributed by atoms with E-state index >= 15 is 0 Å². The van der Waals surface area contributed by atoms with Crippen LogP contribution in [-0.2, 0) is 13.3 Å². The molecule has 0 aliphatic carbocycles. The Morgan fingerprint density at radius 3 is 1.58 bits per heavy atom. The van der Waals surface area contributed by atoms with Crippen molar-refractivity contribution in [2.45, 2.75) is 44.6 Å². The zero-order chi connectivity index (χ0) is 15.2. The highest BCUT2D eigenvalue weighted by molar-refractivity contribution is 6.71. The average molecular weight is 313 g/mol. The second-order valence-corrected chi connectivity index (χ2v) is 8.72. The molecule has 0 aliphatic rings. The Morgan fingerprint density at radius 2 is 1.37 bits per heavy atom. The van der Waals surface area contributed by atoms with Crippen molar-refractivity contribution in [2.24, 2.45) is 0 Å². The van der Waals surface area contributed by atoms with Crippen LogP contribution >= 0.6 is 11.6 Å². The largest absolute Gasteiger partial charge is 0.521 e. The minimum atomic E-state index is -2.94. The fourth-order valence-corrected chi connectivity index (χ4v) is 4.58. The normalized spacial score (nSPS) is 20.4. The molecular formula is C12H29ClN2O3Si. The summed E-state index contributed by atoms with van der Waals surface area (Å²) in [6.45, 7) is 5.93. The van der Waals surface area contributed by atoms with Crippen LogP contribution in [0, 0.1) is 0 Å². The average Bonchev–Trinajstić information content (AvgIpc) is 2.36. The lowest BCUT2D eigenvalue weighted by Crippen LogP contribution is -2.59. The van der Waals surface area contributed by atoms with Crippen molar-refractivity contribution in [2.75, 3.05) is 35.3 Å². The molecule has 5 nitrogen and oxygen atoms in total. The maximum absolute atomic E-state index is 6.44. The molecule has 0 spiro atoms. The Hall–Kier alpha value is 0.307. The molecule has 0 radical (unpaired) electrons. The molecule has 3 unspecified atom stereocenters. The summed E-state index contributed by atoms with van der Waals surface area (Å²) in [6.07, 6.45) is 0.504. The van der Waals surface area contributed by atoms with Crippen molar-refractivity contribution in [1.82, 2.24) is 9.80 Å². The van der Waals surface area contributed by atoms with Gasteiger partial charge in [0.15, 0.2) is 0 Å². The smallest absolute Gasteiger partial charge is 0.376 e. The predicted molar refractivity (Wildman–Crippen MR) is 81.2 cm³/mol. The molecule has 0 aromatic carbocycles. The molecule has 0 fully saturated rings. The maximum atomic E-state index is 6.44. The van der Waals surface area contributed by atoms with Gasteiger partial charge in [0.25, 0.3) is 0 Å². The van der Waals surface area contributed by atoms with Crippen LogP contribution in [0.4, 0.5) is 0 Å². The number of halogens is 1. The Labute approximate surface area is 124 Å². The van der Waals surface area contributed by atoms with Crippen LogP contribution in [0.1, 0.15) is 27.2 Å². The van der Waals surface area contributed by atoms with E-state index in [1.54, 1.807) is 7.11 Å². The van der Waals surface area contributed by atoms with Gasteiger partial charge in [-0.3, -0.25) is 9.80 Å². The number of hydrogen-bond acceptors (Lipinski definition) is 5. The lowest BCUT2D eigenvalue weighted by atomic mass is 10.6. The molecule has 0 bridgehead atoms. The zero-order valence-corrected chi connectivity index (χ0v) is 15.2. The maximum Gasteiger partial charge on any atom is 0.521 e. The van der Waals surface area contributed by atoms with Crippen molar-refractivity contribution < 1.29 is 13.3 Å². The fourth-order valence-electron chi connectivity index (χ4n) is 1.34. The highest BCUT2D eigenvalue weighted by atomic mass is 35.5. The predicted octanol–water partition coefficient (Wildman–Crippen LogP) is 1.98. The third kappa shape index (κ3) is 5.67. The van der Waals surface area contributed by atoms with Crippen molar-refractivity contribution >= 4 is 20.4 Å². The summed E-state index contributed by atoms with van der Waals surface area (Å²) in [5.74, 6) is 0. The molecule has 0 amide bonds.